The summed E-state index contributed by atoms with van der Waals surface area (Å²) in [6, 6.07) is 34.4. The Kier molecular flexibility index (Phi) is 6.58. The van der Waals surface area contributed by atoms with Gasteiger partial charge in [-0.25, -0.2) is 0 Å². The Hall–Kier alpha value is -3.06. The fourth-order valence-corrected chi connectivity index (χ4v) is 6.49. The zero-order valence-corrected chi connectivity index (χ0v) is 20.8. The van der Waals surface area contributed by atoms with E-state index >= 15 is 0 Å². The van der Waals surface area contributed by atoms with Gasteiger partial charge in [0.2, 0.25) is 0 Å². The predicted octanol–water partition coefficient (Wildman–Crippen LogP) is 10.4. The summed E-state index contributed by atoms with van der Waals surface area (Å²) >= 11 is 0. The third kappa shape index (κ3) is 4.74. The third-order valence-corrected chi connectivity index (χ3v) is 8.46. The molecule has 4 aromatic carbocycles. The highest BCUT2D eigenvalue weighted by molar-refractivity contribution is 5.98. The van der Waals surface area contributed by atoms with E-state index in [1.807, 2.05) is 0 Å². The Labute approximate surface area is 210 Å². The molecule has 1 nitrogen and oxygen atoms in total. The number of hydrogen-bond donors (Lipinski definition) is 0. The van der Waals surface area contributed by atoms with Crippen LogP contribution >= 0.6 is 0 Å². The average molecular weight is 460 g/mol. The second-order valence-corrected chi connectivity index (χ2v) is 10.7. The maximum absolute atomic E-state index is 2.46. The van der Waals surface area contributed by atoms with Crippen LogP contribution in [0.25, 0.3) is 10.8 Å². The fraction of sp³-hybridized carbons (Fsp3) is 0.353. The number of hydrogen-bond acceptors (Lipinski definition) is 1. The van der Waals surface area contributed by atoms with Gasteiger partial charge in [0, 0.05) is 16.8 Å². The Morgan fingerprint density at radius 2 is 0.943 bits per heavy atom. The SMILES string of the molecule is c1ccc2c(N(c3ccc(C4CCCCC4)cc3)c3ccc(C4CCCCC4)cc3)cccc2c1. The quantitative estimate of drug-likeness (QED) is 0.287. The molecular formula is C34H37N. The summed E-state index contributed by atoms with van der Waals surface area (Å²) in [5.74, 6) is 1.47. The average Bonchev–Trinajstić information content (AvgIpc) is 2.95. The molecule has 0 aromatic heterocycles. The van der Waals surface area contributed by atoms with Crippen LogP contribution < -0.4 is 4.90 Å². The van der Waals surface area contributed by atoms with Crippen LogP contribution in [0.5, 0.6) is 0 Å². The zero-order valence-electron chi connectivity index (χ0n) is 20.8. The summed E-state index contributed by atoms with van der Waals surface area (Å²) < 4.78 is 0. The van der Waals surface area contributed by atoms with Crippen LogP contribution in [0.4, 0.5) is 17.1 Å². The van der Waals surface area contributed by atoms with Crippen molar-refractivity contribution in [2.45, 2.75) is 76.0 Å². The molecule has 4 aromatic rings. The van der Waals surface area contributed by atoms with Crippen LogP contribution in [0.15, 0.2) is 91.0 Å². The van der Waals surface area contributed by atoms with Gasteiger partial charge in [0.1, 0.15) is 0 Å². The second kappa shape index (κ2) is 10.3. The van der Waals surface area contributed by atoms with Crippen LogP contribution in [-0.4, -0.2) is 0 Å². The maximum Gasteiger partial charge on any atom is 0.0540 e. The number of fused-ring (bicyclic) bond motifs is 1. The number of nitrogens with zero attached hydrogens (tertiary/aromatic N) is 1. The molecule has 2 fully saturated rings. The second-order valence-electron chi connectivity index (χ2n) is 10.7. The van der Waals surface area contributed by atoms with Crippen molar-refractivity contribution in [3.63, 3.8) is 0 Å². The monoisotopic (exact) mass is 459 g/mol. The van der Waals surface area contributed by atoms with Crippen molar-refractivity contribution in [1.82, 2.24) is 0 Å². The van der Waals surface area contributed by atoms with Gasteiger partial charge < -0.3 is 4.90 Å². The Balaban J connectivity index is 1.39. The first-order chi connectivity index (χ1) is 17.4. The largest absolute Gasteiger partial charge is 0.310 e. The lowest BCUT2D eigenvalue weighted by Gasteiger charge is -2.29. The van der Waals surface area contributed by atoms with E-state index in [9.17, 15) is 0 Å². The van der Waals surface area contributed by atoms with Gasteiger partial charge in [-0.2, -0.15) is 0 Å². The molecule has 0 spiro atoms. The normalized spacial score (nSPS) is 17.5. The minimum absolute atomic E-state index is 0.735. The standard InChI is InChI=1S/C34H37N/c1-3-10-26(11-4-1)28-18-22-31(23-19-28)35(34-17-9-15-30-14-7-8-16-33(30)34)32-24-20-29(21-25-32)27-12-5-2-6-13-27/h7-9,14-27H,1-6,10-13H2. The summed E-state index contributed by atoms with van der Waals surface area (Å²) in [6.07, 6.45) is 13.7. The molecule has 0 bridgehead atoms. The molecule has 0 saturated heterocycles. The number of rotatable bonds is 5. The topological polar surface area (TPSA) is 3.24 Å². The molecule has 0 unspecified atom stereocenters. The molecule has 0 aliphatic heterocycles. The summed E-state index contributed by atoms with van der Waals surface area (Å²) in [7, 11) is 0. The van der Waals surface area contributed by atoms with Gasteiger partial charge in [-0.05, 0) is 84.4 Å². The lowest BCUT2D eigenvalue weighted by Crippen LogP contribution is -2.12. The smallest absolute Gasteiger partial charge is 0.0540 e. The van der Waals surface area contributed by atoms with E-state index in [1.54, 1.807) is 0 Å². The molecule has 0 atom stereocenters. The minimum Gasteiger partial charge on any atom is -0.310 e. The Morgan fingerprint density at radius 3 is 1.49 bits per heavy atom. The van der Waals surface area contributed by atoms with E-state index in [4.69, 9.17) is 0 Å². The molecule has 2 aliphatic rings. The van der Waals surface area contributed by atoms with Gasteiger partial charge in [0.15, 0.2) is 0 Å². The minimum atomic E-state index is 0.735. The third-order valence-electron chi connectivity index (χ3n) is 8.46. The summed E-state index contributed by atoms with van der Waals surface area (Å²) in [5, 5.41) is 2.58. The fourth-order valence-electron chi connectivity index (χ4n) is 6.49. The molecule has 35 heavy (non-hydrogen) atoms. The summed E-state index contributed by atoms with van der Waals surface area (Å²) in [6.45, 7) is 0. The van der Waals surface area contributed by atoms with Crippen LogP contribution in [0.1, 0.15) is 87.2 Å². The molecule has 1 heteroatoms. The van der Waals surface area contributed by atoms with Crippen molar-refractivity contribution >= 4 is 27.8 Å². The lowest BCUT2D eigenvalue weighted by molar-refractivity contribution is 0.443. The van der Waals surface area contributed by atoms with E-state index < -0.39 is 0 Å². The van der Waals surface area contributed by atoms with Crippen LogP contribution in [0, 0.1) is 0 Å². The van der Waals surface area contributed by atoms with Gasteiger partial charge in [-0.15, -0.1) is 0 Å². The first-order valence-electron chi connectivity index (χ1n) is 13.8. The van der Waals surface area contributed by atoms with E-state index in [0.717, 1.165) is 11.8 Å². The highest BCUT2D eigenvalue weighted by Crippen LogP contribution is 2.41. The molecule has 0 heterocycles. The van der Waals surface area contributed by atoms with Crippen molar-refractivity contribution in [1.29, 1.82) is 0 Å². The van der Waals surface area contributed by atoms with Crippen LogP contribution in [-0.2, 0) is 0 Å². The van der Waals surface area contributed by atoms with Crippen LogP contribution in [0.3, 0.4) is 0 Å². The molecule has 178 valence electrons. The summed E-state index contributed by atoms with van der Waals surface area (Å²) in [5.41, 5.74) is 6.76. The predicted molar refractivity (Wildman–Crippen MR) is 150 cm³/mol. The first kappa shape index (κ1) is 22.4. The van der Waals surface area contributed by atoms with Crippen molar-refractivity contribution < 1.29 is 0 Å². The van der Waals surface area contributed by atoms with Gasteiger partial charge in [-0.3, -0.25) is 0 Å². The Bertz CT molecular complexity index is 1180. The van der Waals surface area contributed by atoms with Gasteiger partial charge in [-0.1, -0.05) is 99.2 Å². The van der Waals surface area contributed by atoms with E-state index in [-0.39, 0.29) is 0 Å². The van der Waals surface area contributed by atoms with Crippen molar-refractivity contribution in [2.24, 2.45) is 0 Å². The molecule has 2 aliphatic carbocycles. The highest BCUT2D eigenvalue weighted by Gasteiger charge is 2.20. The van der Waals surface area contributed by atoms with Crippen molar-refractivity contribution in [3.05, 3.63) is 102 Å². The van der Waals surface area contributed by atoms with Crippen molar-refractivity contribution in [2.75, 3.05) is 4.90 Å². The lowest BCUT2D eigenvalue weighted by atomic mass is 9.84. The molecular weight excluding hydrogens is 422 g/mol. The van der Waals surface area contributed by atoms with Crippen molar-refractivity contribution in [3.8, 4) is 0 Å². The molecule has 6 rings (SSSR count). The molecule has 0 amide bonds. The molecule has 2 saturated carbocycles. The van der Waals surface area contributed by atoms with Gasteiger partial charge in [0.05, 0.1) is 5.69 Å². The first-order valence-corrected chi connectivity index (χ1v) is 13.8. The molecule has 0 radical (unpaired) electrons. The Morgan fingerprint density at radius 1 is 0.457 bits per heavy atom. The summed E-state index contributed by atoms with van der Waals surface area (Å²) in [4.78, 5) is 2.46. The van der Waals surface area contributed by atoms with Crippen LogP contribution in [0.2, 0.25) is 0 Å². The van der Waals surface area contributed by atoms with Gasteiger partial charge >= 0.3 is 0 Å². The number of benzene rings is 4. The number of anilines is 3. The van der Waals surface area contributed by atoms with E-state index in [2.05, 4.69) is 95.9 Å². The highest BCUT2D eigenvalue weighted by atomic mass is 15.1. The zero-order chi connectivity index (χ0) is 23.5. The van der Waals surface area contributed by atoms with E-state index in [1.165, 1.54) is 103 Å². The maximum atomic E-state index is 2.46. The van der Waals surface area contributed by atoms with Gasteiger partial charge in [0.25, 0.3) is 0 Å². The molecule has 0 N–H and O–H groups in total. The van der Waals surface area contributed by atoms with E-state index in [0.29, 0.717) is 0 Å².